The fourth-order valence-electron chi connectivity index (χ4n) is 3.28. The summed E-state index contributed by atoms with van der Waals surface area (Å²) in [7, 11) is 0. The molecule has 13 heteroatoms. The molecule has 7 nitrogen and oxygen atoms in total. The molecule has 0 aliphatic carbocycles. The summed E-state index contributed by atoms with van der Waals surface area (Å²) in [4.78, 5) is 27.4. The highest BCUT2D eigenvalue weighted by Gasteiger charge is 2.52. The van der Waals surface area contributed by atoms with Crippen LogP contribution in [-0.2, 0) is 23.7 Å². The van der Waals surface area contributed by atoms with Crippen LogP contribution in [0.25, 0.3) is 0 Å². The maximum atomic E-state index is 13.3. The van der Waals surface area contributed by atoms with Crippen molar-refractivity contribution in [2.75, 3.05) is 11.4 Å². The molecule has 1 saturated heterocycles. The first-order valence-electron chi connectivity index (χ1n) is 9.05. The van der Waals surface area contributed by atoms with Crippen LogP contribution in [0.3, 0.4) is 0 Å². The molecule has 0 saturated carbocycles. The van der Waals surface area contributed by atoms with Crippen molar-refractivity contribution in [2.24, 2.45) is 0 Å². The van der Waals surface area contributed by atoms with Crippen molar-refractivity contribution in [3.05, 3.63) is 47.3 Å². The molecule has 0 atom stereocenters. The van der Waals surface area contributed by atoms with Gasteiger partial charge in [0.2, 0.25) is 0 Å². The quantitative estimate of drug-likeness (QED) is 0.511. The maximum Gasteiger partial charge on any atom is 0.419 e. The fourth-order valence-corrected chi connectivity index (χ4v) is 3.28. The number of rotatable bonds is 4. The average Bonchev–Trinajstić information content (AvgIpc) is 3.22. The topological polar surface area (TPSA) is 82.2 Å². The first kappa shape index (κ1) is 23.1. The van der Waals surface area contributed by atoms with Crippen molar-refractivity contribution in [3.8, 4) is 6.07 Å². The predicted octanol–water partition coefficient (Wildman–Crippen LogP) is 4.04. The largest absolute Gasteiger partial charge is 0.419 e. The molecule has 3 amide bonds. The minimum atomic E-state index is -4.89. The number of anilines is 1. The molecule has 1 aliphatic rings. The molecule has 1 fully saturated rings. The number of aromatic nitrogens is 2. The van der Waals surface area contributed by atoms with Gasteiger partial charge in [-0.25, -0.2) is 9.69 Å². The van der Waals surface area contributed by atoms with Crippen molar-refractivity contribution >= 4 is 17.6 Å². The Morgan fingerprint density at radius 3 is 2.25 bits per heavy atom. The van der Waals surface area contributed by atoms with E-state index in [1.807, 2.05) is 0 Å². The first-order chi connectivity index (χ1) is 14.7. The lowest BCUT2D eigenvalue weighted by atomic mass is 10.0. The van der Waals surface area contributed by atoms with Crippen molar-refractivity contribution in [2.45, 2.75) is 38.3 Å². The normalized spacial score (nSPS) is 16.6. The lowest BCUT2D eigenvalue weighted by molar-refractivity contribution is -0.138. The van der Waals surface area contributed by atoms with E-state index in [1.54, 1.807) is 0 Å². The number of carbonyl (C=O) groups excluding carboxylic acids is 2. The van der Waals surface area contributed by atoms with Gasteiger partial charge in [0, 0.05) is 12.7 Å². The monoisotopic (exact) mass is 459 g/mol. The summed E-state index contributed by atoms with van der Waals surface area (Å²) in [6.45, 7) is 2.32. The average molecular weight is 459 g/mol. The molecule has 3 rings (SSSR count). The van der Waals surface area contributed by atoms with Gasteiger partial charge in [0.15, 0.2) is 0 Å². The minimum Gasteiger partial charge on any atom is -0.308 e. The van der Waals surface area contributed by atoms with Crippen molar-refractivity contribution in [3.63, 3.8) is 0 Å². The summed E-state index contributed by atoms with van der Waals surface area (Å²) in [5, 5.41) is 12.5. The number of benzene rings is 1. The lowest BCUT2D eigenvalue weighted by Crippen LogP contribution is -2.45. The van der Waals surface area contributed by atoms with Crippen molar-refractivity contribution in [1.82, 2.24) is 14.7 Å². The number of imide groups is 1. The number of halogens is 6. The molecule has 1 aromatic carbocycles. The molecule has 2 aromatic rings. The number of hydrogen-bond donors (Lipinski definition) is 0. The van der Waals surface area contributed by atoms with Gasteiger partial charge in [-0.05, 0) is 32.0 Å². The Morgan fingerprint density at radius 1 is 1.06 bits per heavy atom. The Hall–Kier alpha value is -3.56. The van der Waals surface area contributed by atoms with Crippen LogP contribution in [0.2, 0.25) is 0 Å². The Labute approximate surface area is 177 Å². The summed E-state index contributed by atoms with van der Waals surface area (Å²) < 4.78 is 78.9. The summed E-state index contributed by atoms with van der Waals surface area (Å²) in [6, 6.07) is 2.91. The van der Waals surface area contributed by atoms with Gasteiger partial charge in [0.25, 0.3) is 5.91 Å². The molecule has 32 heavy (non-hydrogen) atoms. The molecular formula is C19H15F6N5O2. The van der Waals surface area contributed by atoms with Crippen LogP contribution in [0.15, 0.2) is 30.6 Å². The third-order valence-corrected chi connectivity index (χ3v) is 5.02. The van der Waals surface area contributed by atoms with Gasteiger partial charge >= 0.3 is 18.4 Å². The number of amides is 3. The van der Waals surface area contributed by atoms with E-state index in [1.165, 1.54) is 19.9 Å². The van der Waals surface area contributed by atoms with Gasteiger partial charge in [-0.15, -0.1) is 0 Å². The number of alkyl halides is 6. The van der Waals surface area contributed by atoms with Crippen molar-refractivity contribution in [1.29, 1.82) is 5.26 Å². The molecule has 0 N–H and O–H groups in total. The van der Waals surface area contributed by atoms with Crippen LogP contribution in [0.1, 0.15) is 30.5 Å². The number of nitrogens with zero attached hydrogens (tertiary/aromatic N) is 5. The molecule has 1 aliphatic heterocycles. The van der Waals surface area contributed by atoms with Gasteiger partial charge in [0.1, 0.15) is 5.54 Å². The van der Waals surface area contributed by atoms with Gasteiger partial charge in [0.05, 0.1) is 41.2 Å². The highest BCUT2D eigenvalue weighted by atomic mass is 19.4. The second-order valence-electron chi connectivity index (χ2n) is 7.46. The summed E-state index contributed by atoms with van der Waals surface area (Å²) >= 11 is 0. The zero-order valence-electron chi connectivity index (χ0n) is 16.6. The summed E-state index contributed by atoms with van der Waals surface area (Å²) in [5.74, 6) is -0.822. The van der Waals surface area contributed by atoms with Crippen LogP contribution in [0.5, 0.6) is 0 Å². The van der Waals surface area contributed by atoms with Crippen LogP contribution >= 0.6 is 0 Å². The third-order valence-electron chi connectivity index (χ3n) is 5.02. The highest BCUT2D eigenvalue weighted by Crippen LogP contribution is 2.37. The van der Waals surface area contributed by atoms with Crippen LogP contribution in [0.4, 0.5) is 36.8 Å². The van der Waals surface area contributed by atoms with E-state index in [0.717, 1.165) is 27.9 Å². The second-order valence-corrected chi connectivity index (χ2v) is 7.46. The third kappa shape index (κ3) is 4.00. The Morgan fingerprint density at radius 2 is 1.72 bits per heavy atom. The van der Waals surface area contributed by atoms with Gasteiger partial charge in [-0.3, -0.25) is 9.48 Å². The maximum absolute atomic E-state index is 13.3. The summed E-state index contributed by atoms with van der Waals surface area (Å²) in [6.07, 6.45) is -8.13. The SMILES string of the molecule is CC1(C)C(=O)N(c2ccc(C#N)c(C(F)(F)F)c2)C(=O)N1CCn1cc(C(F)(F)F)cn1. The smallest absolute Gasteiger partial charge is 0.308 e. The number of nitriles is 1. The summed E-state index contributed by atoms with van der Waals surface area (Å²) in [5.41, 5.74) is -4.82. The fraction of sp³-hybridized carbons (Fsp3) is 0.368. The number of carbonyl (C=O) groups is 2. The van der Waals surface area contributed by atoms with E-state index >= 15 is 0 Å². The van der Waals surface area contributed by atoms with Crippen LogP contribution < -0.4 is 4.90 Å². The minimum absolute atomic E-state index is 0.187. The molecule has 2 heterocycles. The zero-order valence-corrected chi connectivity index (χ0v) is 16.6. The van der Waals surface area contributed by atoms with E-state index in [9.17, 15) is 35.9 Å². The van der Waals surface area contributed by atoms with E-state index in [-0.39, 0.29) is 18.8 Å². The van der Waals surface area contributed by atoms with Crippen LogP contribution in [0, 0.1) is 11.3 Å². The van der Waals surface area contributed by atoms with E-state index in [0.29, 0.717) is 17.2 Å². The predicted molar refractivity (Wildman–Crippen MR) is 97.1 cm³/mol. The lowest BCUT2D eigenvalue weighted by Gasteiger charge is -2.27. The van der Waals surface area contributed by atoms with E-state index < -0.39 is 46.5 Å². The molecular weight excluding hydrogens is 444 g/mol. The molecule has 0 radical (unpaired) electrons. The van der Waals surface area contributed by atoms with Gasteiger partial charge < -0.3 is 4.90 Å². The van der Waals surface area contributed by atoms with Gasteiger partial charge in [-0.1, -0.05) is 0 Å². The Balaban J connectivity index is 1.89. The molecule has 1 aromatic heterocycles. The first-order valence-corrected chi connectivity index (χ1v) is 9.05. The van der Waals surface area contributed by atoms with E-state index in [4.69, 9.17) is 5.26 Å². The van der Waals surface area contributed by atoms with Gasteiger partial charge in [-0.2, -0.15) is 36.7 Å². The molecule has 0 spiro atoms. The Kier molecular flexibility index (Phi) is 5.45. The number of hydrogen-bond acceptors (Lipinski definition) is 4. The standard InChI is InChI=1S/C19H15F6N5O2/c1-17(2)15(31)30(13-4-3-11(8-26)14(7-13)19(23,24)25)16(32)29(17)6-5-28-10-12(9-27-28)18(20,21)22/h3-4,7,9-10H,5-6H2,1-2H3. The molecule has 0 bridgehead atoms. The Bertz CT molecular complexity index is 1110. The highest BCUT2D eigenvalue weighted by molar-refractivity contribution is 6.23. The van der Waals surface area contributed by atoms with Crippen molar-refractivity contribution < 1.29 is 35.9 Å². The molecule has 0 unspecified atom stereocenters. The second kappa shape index (κ2) is 7.54. The molecule has 170 valence electrons. The van der Waals surface area contributed by atoms with Crippen LogP contribution in [-0.4, -0.2) is 38.7 Å². The zero-order chi connectivity index (χ0) is 24.1. The van der Waals surface area contributed by atoms with E-state index in [2.05, 4.69) is 5.10 Å². The number of urea groups is 1.